The molecule has 2 rings (SSSR count). The van der Waals surface area contributed by atoms with Crippen molar-refractivity contribution in [1.82, 2.24) is 9.88 Å². The lowest BCUT2D eigenvalue weighted by atomic mass is 9.96. The number of sulfonamides is 1. The zero-order valence-corrected chi connectivity index (χ0v) is 12.3. The molecule has 1 aliphatic rings. The average molecular weight is 322 g/mol. The van der Waals surface area contributed by atoms with Crippen molar-refractivity contribution in [2.75, 3.05) is 6.54 Å². The minimum atomic E-state index is -3.86. The van der Waals surface area contributed by atoms with Gasteiger partial charge in [-0.05, 0) is 13.8 Å². The highest BCUT2D eigenvalue weighted by molar-refractivity contribution is 7.89. The Morgan fingerprint density at radius 3 is 2.52 bits per heavy atom. The van der Waals surface area contributed by atoms with Crippen LogP contribution in [0.1, 0.15) is 12.7 Å². The number of rotatable bonds is 4. The van der Waals surface area contributed by atoms with Crippen molar-refractivity contribution in [3.63, 3.8) is 0 Å². The van der Waals surface area contributed by atoms with Crippen molar-refractivity contribution >= 4 is 10.0 Å². The fourth-order valence-electron chi connectivity index (χ4n) is 2.12. The van der Waals surface area contributed by atoms with E-state index in [1.165, 1.54) is 13.8 Å². The van der Waals surface area contributed by atoms with Gasteiger partial charge in [0, 0.05) is 6.54 Å². The summed E-state index contributed by atoms with van der Waals surface area (Å²) in [6, 6.07) is 0. The fraction of sp³-hybridized carbons (Fsp3) is 0.727. The van der Waals surface area contributed by atoms with E-state index in [4.69, 9.17) is 4.74 Å². The molecular formula is C11H18N2O7S. The zero-order valence-electron chi connectivity index (χ0n) is 11.5. The standard InChI is InChI=1S/C11H18N2O7S/c1-5-8(4-12-20-5)21(17,18)13-3-7-10(15)11(16)9(14)6(2)19-7/h4,6-7,9-11,13-16H,3H2,1-2H3/t6-,7+,9+,10+,11+/m0/s1. The summed E-state index contributed by atoms with van der Waals surface area (Å²) in [5, 5.41) is 32.4. The lowest BCUT2D eigenvalue weighted by molar-refractivity contribution is -0.214. The molecule has 10 heteroatoms. The Hall–Kier alpha value is -1.04. The third-order valence-electron chi connectivity index (χ3n) is 3.42. The first-order chi connectivity index (χ1) is 9.74. The highest BCUT2D eigenvalue weighted by Gasteiger charge is 2.42. The maximum absolute atomic E-state index is 12.0. The molecule has 0 bridgehead atoms. The summed E-state index contributed by atoms with van der Waals surface area (Å²) in [4.78, 5) is -0.110. The van der Waals surface area contributed by atoms with E-state index in [1.54, 1.807) is 0 Å². The van der Waals surface area contributed by atoms with Crippen molar-refractivity contribution in [1.29, 1.82) is 0 Å². The molecule has 1 aliphatic heterocycles. The molecule has 1 fully saturated rings. The maximum atomic E-state index is 12.0. The van der Waals surface area contributed by atoms with Gasteiger partial charge in [-0.3, -0.25) is 0 Å². The van der Waals surface area contributed by atoms with Crippen LogP contribution in [0.15, 0.2) is 15.6 Å². The van der Waals surface area contributed by atoms with Crippen LogP contribution in [0.25, 0.3) is 0 Å². The first-order valence-corrected chi connectivity index (χ1v) is 7.83. The second kappa shape index (κ2) is 5.99. The summed E-state index contributed by atoms with van der Waals surface area (Å²) in [5.74, 6) is 0.136. The van der Waals surface area contributed by atoms with Gasteiger partial charge >= 0.3 is 0 Å². The summed E-state index contributed by atoms with van der Waals surface area (Å²) in [6.07, 6.45) is -4.67. The molecule has 5 atom stereocenters. The highest BCUT2D eigenvalue weighted by atomic mass is 32.2. The number of hydrogen-bond donors (Lipinski definition) is 4. The number of nitrogens with zero attached hydrogens (tertiary/aromatic N) is 1. The minimum absolute atomic E-state index is 0.110. The van der Waals surface area contributed by atoms with Crippen LogP contribution >= 0.6 is 0 Å². The smallest absolute Gasteiger partial charge is 0.245 e. The Morgan fingerprint density at radius 2 is 1.95 bits per heavy atom. The molecule has 1 aromatic rings. The van der Waals surface area contributed by atoms with Crippen LogP contribution in [0.3, 0.4) is 0 Å². The van der Waals surface area contributed by atoms with Crippen LogP contribution in [-0.4, -0.2) is 66.0 Å². The Morgan fingerprint density at radius 1 is 1.29 bits per heavy atom. The van der Waals surface area contributed by atoms with Crippen molar-refractivity contribution in [2.45, 2.75) is 49.3 Å². The number of hydrogen-bond acceptors (Lipinski definition) is 8. The normalized spacial score (nSPS) is 34.0. The second-order valence-electron chi connectivity index (χ2n) is 4.95. The first kappa shape index (κ1) is 16.3. The summed E-state index contributed by atoms with van der Waals surface area (Å²) in [6.45, 7) is 2.71. The molecule has 0 aliphatic carbocycles. The van der Waals surface area contributed by atoms with Gasteiger partial charge in [0.15, 0.2) is 5.76 Å². The molecule has 0 saturated carbocycles. The molecule has 1 saturated heterocycles. The summed E-state index contributed by atoms with van der Waals surface area (Å²) < 4.78 is 36.3. The average Bonchev–Trinajstić information content (AvgIpc) is 2.86. The summed E-state index contributed by atoms with van der Waals surface area (Å²) in [5.41, 5.74) is 0. The van der Waals surface area contributed by atoms with Gasteiger partial charge in [0.2, 0.25) is 10.0 Å². The van der Waals surface area contributed by atoms with Gasteiger partial charge < -0.3 is 24.6 Å². The highest BCUT2D eigenvalue weighted by Crippen LogP contribution is 2.21. The quantitative estimate of drug-likeness (QED) is 0.505. The molecule has 21 heavy (non-hydrogen) atoms. The van der Waals surface area contributed by atoms with Gasteiger partial charge in [-0.1, -0.05) is 5.16 Å². The Labute approximate surface area is 121 Å². The van der Waals surface area contributed by atoms with Crippen LogP contribution in [0.2, 0.25) is 0 Å². The van der Waals surface area contributed by atoms with Crippen molar-refractivity contribution in [3.05, 3.63) is 12.0 Å². The number of nitrogens with one attached hydrogen (secondary N) is 1. The van der Waals surface area contributed by atoms with E-state index >= 15 is 0 Å². The second-order valence-corrected chi connectivity index (χ2v) is 6.68. The predicted molar refractivity (Wildman–Crippen MR) is 68.8 cm³/mol. The molecule has 4 N–H and O–H groups in total. The first-order valence-electron chi connectivity index (χ1n) is 6.34. The molecule has 0 spiro atoms. The monoisotopic (exact) mass is 322 g/mol. The number of ether oxygens (including phenoxy) is 1. The number of aliphatic hydroxyl groups excluding tert-OH is 3. The van der Waals surface area contributed by atoms with Crippen LogP contribution in [-0.2, 0) is 14.8 Å². The van der Waals surface area contributed by atoms with E-state index in [9.17, 15) is 23.7 Å². The van der Waals surface area contributed by atoms with Gasteiger partial charge in [-0.25, -0.2) is 13.1 Å². The van der Waals surface area contributed by atoms with Crippen molar-refractivity contribution in [3.8, 4) is 0 Å². The van der Waals surface area contributed by atoms with Crippen molar-refractivity contribution < 1.29 is 33.0 Å². The van der Waals surface area contributed by atoms with Crippen LogP contribution < -0.4 is 4.72 Å². The largest absolute Gasteiger partial charge is 0.388 e. The molecule has 9 nitrogen and oxygen atoms in total. The lowest BCUT2D eigenvalue weighted by Gasteiger charge is -2.39. The predicted octanol–water partition coefficient (Wildman–Crippen LogP) is -1.87. The number of aryl methyl sites for hydroxylation is 1. The van der Waals surface area contributed by atoms with E-state index in [-0.39, 0.29) is 17.2 Å². The molecule has 0 aromatic carbocycles. The third kappa shape index (κ3) is 3.25. The van der Waals surface area contributed by atoms with Crippen LogP contribution in [0, 0.1) is 6.92 Å². The lowest BCUT2D eigenvalue weighted by Crippen LogP contribution is -2.59. The van der Waals surface area contributed by atoms with E-state index in [2.05, 4.69) is 14.4 Å². The molecule has 0 amide bonds. The maximum Gasteiger partial charge on any atom is 0.245 e. The number of aromatic nitrogens is 1. The van der Waals surface area contributed by atoms with Crippen LogP contribution in [0.5, 0.6) is 0 Å². The van der Waals surface area contributed by atoms with Gasteiger partial charge in [-0.15, -0.1) is 0 Å². The van der Waals surface area contributed by atoms with E-state index in [0.29, 0.717) is 0 Å². The SMILES string of the molecule is Cc1oncc1S(=O)(=O)NC[C@H]1O[C@@H](C)[C@@H](O)[C@@H](O)[C@@H]1O. The Balaban J connectivity index is 2.04. The van der Waals surface area contributed by atoms with Gasteiger partial charge in [-0.2, -0.15) is 0 Å². The molecule has 0 unspecified atom stereocenters. The minimum Gasteiger partial charge on any atom is -0.388 e. The van der Waals surface area contributed by atoms with Crippen LogP contribution in [0.4, 0.5) is 0 Å². The third-order valence-corrected chi connectivity index (χ3v) is 4.94. The Bertz CT molecular complexity index is 587. The fourth-order valence-corrected chi connectivity index (χ4v) is 3.26. The summed E-state index contributed by atoms with van der Waals surface area (Å²) >= 11 is 0. The van der Waals surface area contributed by atoms with Crippen molar-refractivity contribution in [2.24, 2.45) is 0 Å². The molecule has 2 heterocycles. The molecule has 120 valence electrons. The van der Waals surface area contributed by atoms with E-state index in [0.717, 1.165) is 6.20 Å². The van der Waals surface area contributed by atoms with Gasteiger partial charge in [0.05, 0.1) is 12.3 Å². The Kier molecular flexibility index (Phi) is 4.66. The van der Waals surface area contributed by atoms with E-state index < -0.39 is 40.5 Å². The molecule has 0 radical (unpaired) electrons. The zero-order chi connectivity index (χ0) is 15.8. The summed E-state index contributed by atoms with van der Waals surface area (Å²) in [7, 11) is -3.86. The topological polar surface area (TPSA) is 142 Å². The van der Waals surface area contributed by atoms with E-state index in [1.807, 2.05) is 0 Å². The van der Waals surface area contributed by atoms with Gasteiger partial charge in [0.1, 0.15) is 29.3 Å². The number of aliphatic hydroxyl groups is 3. The van der Waals surface area contributed by atoms with Gasteiger partial charge in [0.25, 0.3) is 0 Å². The molecule has 1 aromatic heterocycles. The molecular weight excluding hydrogens is 304 g/mol.